The summed E-state index contributed by atoms with van der Waals surface area (Å²) in [5, 5.41) is 2.63. The molecule has 0 heterocycles. The lowest BCUT2D eigenvalue weighted by atomic mass is 9.97. The lowest BCUT2D eigenvalue weighted by molar-refractivity contribution is 1.04. The molecule has 3 rings (SSSR count). The summed E-state index contributed by atoms with van der Waals surface area (Å²) < 4.78 is 0. The molecule has 0 nitrogen and oxygen atoms in total. The van der Waals surface area contributed by atoms with Gasteiger partial charge >= 0.3 is 0 Å². The lowest BCUT2D eigenvalue weighted by Gasteiger charge is -2.08. The van der Waals surface area contributed by atoms with E-state index in [1.165, 1.54) is 34.8 Å². The van der Waals surface area contributed by atoms with Crippen LogP contribution in [0.2, 0.25) is 0 Å². The molecule has 0 amide bonds. The summed E-state index contributed by atoms with van der Waals surface area (Å²) in [5.74, 6) is 0. The van der Waals surface area contributed by atoms with E-state index < -0.39 is 0 Å². The first-order valence-corrected chi connectivity index (χ1v) is 6.79. The van der Waals surface area contributed by atoms with Gasteiger partial charge in [0.2, 0.25) is 0 Å². The number of benzene rings is 2. The largest absolute Gasteiger partial charge is 0.0836 e. The lowest BCUT2D eigenvalue weighted by Crippen LogP contribution is -1.85. The van der Waals surface area contributed by atoms with Crippen LogP contribution in [0.4, 0.5) is 0 Å². The Morgan fingerprint density at radius 1 is 0.833 bits per heavy atom. The van der Waals surface area contributed by atoms with Crippen molar-refractivity contribution in [1.82, 2.24) is 0 Å². The molecule has 0 saturated heterocycles. The van der Waals surface area contributed by atoms with Crippen molar-refractivity contribution >= 4 is 16.3 Å². The fraction of sp³-hybridized carbons (Fsp3) is 0.222. The molecular weight excluding hydrogens is 216 g/mol. The molecule has 0 fully saturated rings. The van der Waals surface area contributed by atoms with E-state index in [2.05, 4.69) is 60.7 Å². The first-order valence-electron chi connectivity index (χ1n) is 6.79. The second kappa shape index (κ2) is 6.20. The topological polar surface area (TPSA) is 0 Å². The summed E-state index contributed by atoms with van der Waals surface area (Å²) in [6.07, 6.45) is 9.15. The number of rotatable bonds is 1. The molecule has 0 N–H and O–H groups in total. The molecule has 2 aromatic rings. The highest BCUT2D eigenvalue weighted by Crippen LogP contribution is 2.24. The highest BCUT2D eigenvalue weighted by atomic mass is 14.1. The fourth-order valence-corrected chi connectivity index (χ4v) is 2.20. The molecule has 1 aliphatic rings. The summed E-state index contributed by atoms with van der Waals surface area (Å²) in [4.78, 5) is 0. The van der Waals surface area contributed by atoms with Crippen LogP contribution in [-0.4, -0.2) is 0 Å². The van der Waals surface area contributed by atoms with Crippen molar-refractivity contribution < 1.29 is 0 Å². The minimum absolute atomic E-state index is 1.17. The number of hydrogen-bond acceptors (Lipinski definition) is 0. The zero-order valence-corrected chi connectivity index (χ0v) is 11.2. The van der Waals surface area contributed by atoms with Gasteiger partial charge in [-0.05, 0) is 40.8 Å². The van der Waals surface area contributed by atoms with Gasteiger partial charge in [0, 0.05) is 0 Å². The molecule has 0 aliphatic heterocycles. The van der Waals surface area contributed by atoms with E-state index in [1.54, 1.807) is 0 Å². The van der Waals surface area contributed by atoms with Crippen molar-refractivity contribution in [3.05, 3.63) is 66.3 Å². The van der Waals surface area contributed by atoms with Crippen LogP contribution in [0.1, 0.15) is 32.3 Å². The van der Waals surface area contributed by atoms with E-state index in [1.807, 2.05) is 13.8 Å². The van der Waals surface area contributed by atoms with Crippen molar-refractivity contribution in [3.8, 4) is 0 Å². The Hall–Kier alpha value is -1.82. The molecule has 0 heteroatoms. The summed E-state index contributed by atoms with van der Waals surface area (Å²) >= 11 is 0. The third kappa shape index (κ3) is 2.70. The molecule has 0 saturated carbocycles. The van der Waals surface area contributed by atoms with Crippen LogP contribution in [0.5, 0.6) is 0 Å². The second-order valence-electron chi connectivity index (χ2n) is 4.20. The quantitative estimate of drug-likeness (QED) is 0.604. The molecule has 0 atom stereocenters. The third-order valence-corrected chi connectivity index (χ3v) is 3.08. The molecule has 0 unspecified atom stereocenters. The minimum atomic E-state index is 1.17. The van der Waals surface area contributed by atoms with Crippen LogP contribution in [0.25, 0.3) is 16.3 Å². The monoisotopic (exact) mass is 236 g/mol. The van der Waals surface area contributed by atoms with Crippen LogP contribution in [0, 0.1) is 0 Å². The predicted octanol–water partition coefficient (Wildman–Crippen LogP) is 5.60. The zero-order valence-electron chi connectivity index (χ0n) is 11.2. The van der Waals surface area contributed by atoms with Gasteiger partial charge in [0.1, 0.15) is 0 Å². The third-order valence-electron chi connectivity index (χ3n) is 3.08. The summed E-state index contributed by atoms with van der Waals surface area (Å²) in [5.41, 5.74) is 2.69. The first kappa shape index (κ1) is 12.6. The van der Waals surface area contributed by atoms with E-state index in [9.17, 15) is 0 Å². The highest BCUT2D eigenvalue weighted by molar-refractivity contribution is 5.88. The van der Waals surface area contributed by atoms with Gasteiger partial charge in [-0.3, -0.25) is 0 Å². The molecule has 1 aliphatic carbocycles. The van der Waals surface area contributed by atoms with Crippen LogP contribution in [0.15, 0.2) is 60.7 Å². The zero-order chi connectivity index (χ0) is 12.8. The van der Waals surface area contributed by atoms with E-state index >= 15 is 0 Å². The molecule has 0 aromatic heterocycles. The van der Waals surface area contributed by atoms with Crippen molar-refractivity contribution in [2.75, 3.05) is 0 Å². The SMILES string of the molecule is C1=CC(c2ccc3ccccc3c2)=CCC1.CC. The van der Waals surface area contributed by atoms with Crippen molar-refractivity contribution in [1.29, 1.82) is 0 Å². The number of fused-ring (bicyclic) bond motifs is 1. The molecule has 18 heavy (non-hydrogen) atoms. The maximum absolute atomic E-state index is 2.32. The van der Waals surface area contributed by atoms with Crippen LogP contribution >= 0.6 is 0 Å². The predicted molar refractivity (Wildman–Crippen MR) is 81.6 cm³/mol. The summed E-state index contributed by atoms with van der Waals surface area (Å²) in [7, 11) is 0. The minimum Gasteiger partial charge on any atom is -0.0836 e. The molecule has 0 radical (unpaired) electrons. The Labute approximate surface area is 110 Å². The normalized spacial score (nSPS) is 13.8. The number of allylic oxidation sites excluding steroid dienone is 4. The fourth-order valence-electron chi connectivity index (χ4n) is 2.20. The first-order chi connectivity index (χ1) is 8.93. The van der Waals surface area contributed by atoms with Crippen molar-refractivity contribution in [3.63, 3.8) is 0 Å². The van der Waals surface area contributed by atoms with Gasteiger partial charge in [-0.2, -0.15) is 0 Å². The van der Waals surface area contributed by atoms with E-state index in [0.29, 0.717) is 0 Å². The standard InChI is InChI=1S/C16H14.C2H6/c1-2-6-13(7-3-1)16-11-10-14-8-4-5-9-15(14)12-16;1-2/h2,4-12H,1,3H2;1-2H3. The Morgan fingerprint density at radius 2 is 1.61 bits per heavy atom. The van der Waals surface area contributed by atoms with E-state index in [4.69, 9.17) is 0 Å². The Balaban J connectivity index is 0.000000574. The second-order valence-corrected chi connectivity index (χ2v) is 4.20. The highest BCUT2D eigenvalue weighted by Gasteiger charge is 2.01. The van der Waals surface area contributed by atoms with Gasteiger partial charge in [0.25, 0.3) is 0 Å². The summed E-state index contributed by atoms with van der Waals surface area (Å²) in [6.45, 7) is 4.00. The molecular formula is C18H20. The average molecular weight is 236 g/mol. The van der Waals surface area contributed by atoms with E-state index in [0.717, 1.165) is 0 Å². The van der Waals surface area contributed by atoms with Gasteiger partial charge in [-0.15, -0.1) is 0 Å². The van der Waals surface area contributed by atoms with Gasteiger partial charge in [-0.25, -0.2) is 0 Å². The van der Waals surface area contributed by atoms with Crippen LogP contribution in [0.3, 0.4) is 0 Å². The molecule has 92 valence electrons. The van der Waals surface area contributed by atoms with Gasteiger partial charge < -0.3 is 0 Å². The van der Waals surface area contributed by atoms with Crippen molar-refractivity contribution in [2.45, 2.75) is 26.7 Å². The Morgan fingerprint density at radius 3 is 2.33 bits per heavy atom. The maximum Gasteiger partial charge on any atom is -0.0178 e. The van der Waals surface area contributed by atoms with Crippen LogP contribution < -0.4 is 0 Å². The Bertz CT molecular complexity index is 573. The number of hydrogen-bond donors (Lipinski definition) is 0. The smallest absolute Gasteiger partial charge is 0.0178 e. The average Bonchev–Trinajstić information content (AvgIpc) is 2.50. The van der Waals surface area contributed by atoms with Gasteiger partial charge in [-0.1, -0.05) is 68.5 Å². The maximum atomic E-state index is 2.32. The van der Waals surface area contributed by atoms with Crippen LogP contribution in [-0.2, 0) is 0 Å². The van der Waals surface area contributed by atoms with Crippen molar-refractivity contribution in [2.24, 2.45) is 0 Å². The molecule has 0 bridgehead atoms. The van der Waals surface area contributed by atoms with Gasteiger partial charge in [0.05, 0.1) is 0 Å². The molecule has 0 spiro atoms. The Kier molecular flexibility index (Phi) is 4.35. The summed E-state index contributed by atoms with van der Waals surface area (Å²) in [6, 6.07) is 15.2. The van der Waals surface area contributed by atoms with E-state index in [-0.39, 0.29) is 0 Å². The van der Waals surface area contributed by atoms with Gasteiger partial charge in [0.15, 0.2) is 0 Å². The molecule has 2 aromatic carbocycles.